The van der Waals surface area contributed by atoms with Crippen LogP contribution in [-0.2, 0) is 27.1 Å². The van der Waals surface area contributed by atoms with E-state index in [0.29, 0.717) is 13.2 Å². The molecule has 4 rings (SSSR count). The Bertz CT molecular complexity index is 661. The SMILES string of the molecule is O=C([C@H]1NC(Cc2ccccc2)CO1)[C@H]1NC(Cc2ccccc2)CO1. The van der Waals surface area contributed by atoms with E-state index in [1.165, 1.54) is 11.1 Å². The number of hydrogen-bond donors (Lipinski definition) is 2. The monoisotopic (exact) mass is 352 g/mol. The van der Waals surface area contributed by atoms with E-state index in [9.17, 15) is 4.79 Å². The largest absolute Gasteiger partial charge is 0.354 e. The van der Waals surface area contributed by atoms with Crippen molar-refractivity contribution in [1.82, 2.24) is 10.6 Å². The Morgan fingerprint density at radius 3 is 1.62 bits per heavy atom. The first kappa shape index (κ1) is 17.4. The Hall–Kier alpha value is -2.05. The lowest BCUT2D eigenvalue weighted by Crippen LogP contribution is -2.47. The minimum absolute atomic E-state index is 0.0730. The van der Waals surface area contributed by atoms with Crippen LogP contribution < -0.4 is 10.6 Å². The van der Waals surface area contributed by atoms with Gasteiger partial charge in [0.05, 0.1) is 13.2 Å². The van der Waals surface area contributed by atoms with Gasteiger partial charge in [0.2, 0.25) is 5.78 Å². The number of hydrogen-bond acceptors (Lipinski definition) is 5. The van der Waals surface area contributed by atoms with Gasteiger partial charge in [-0.25, -0.2) is 0 Å². The van der Waals surface area contributed by atoms with Crippen molar-refractivity contribution in [2.24, 2.45) is 0 Å². The Kier molecular flexibility index (Phi) is 5.41. The van der Waals surface area contributed by atoms with E-state index in [0.717, 1.165) is 12.8 Å². The van der Waals surface area contributed by atoms with Gasteiger partial charge in [0.1, 0.15) is 0 Å². The number of ketones is 1. The molecule has 0 bridgehead atoms. The van der Waals surface area contributed by atoms with Gasteiger partial charge in [-0.05, 0) is 24.0 Å². The highest BCUT2D eigenvalue weighted by molar-refractivity contribution is 5.87. The lowest BCUT2D eigenvalue weighted by Gasteiger charge is -2.16. The number of carbonyl (C=O) groups is 1. The van der Waals surface area contributed by atoms with E-state index < -0.39 is 12.5 Å². The molecular weight excluding hydrogens is 328 g/mol. The molecule has 4 atom stereocenters. The smallest absolute Gasteiger partial charge is 0.219 e. The van der Waals surface area contributed by atoms with Gasteiger partial charge in [0, 0.05) is 12.1 Å². The van der Waals surface area contributed by atoms with E-state index in [-0.39, 0.29) is 17.9 Å². The van der Waals surface area contributed by atoms with Gasteiger partial charge in [-0.1, -0.05) is 60.7 Å². The zero-order chi connectivity index (χ0) is 17.8. The van der Waals surface area contributed by atoms with Crippen molar-refractivity contribution in [1.29, 1.82) is 0 Å². The first-order chi connectivity index (χ1) is 12.8. The summed E-state index contributed by atoms with van der Waals surface area (Å²) in [5.74, 6) is -0.0730. The summed E-state index contributed by atoms with van der Waals surface area (Å²) in [7, 11) is 0. The molecule has 2 aromatic carbocycles. The molecule has 26 heavy (non-hydrogen) atoms. The molecule has 0 spiro atoms. The Balaban J connectivity index is 1.27. The predicted octanol–water partition coefficient (Wildman–Crippen LogP) is 1.67. The van der Waals surface area contributed by atoms with Crippen LogP contribution in [0.1, 0.15) is 11.1 Å². The van der Waals surface area contributed by atoms with Crippen LogP contribution in [0.2, 0.25) is 0 Å². The van der Waals surface area contributed by atoms with Crippen LogP contribution in [0.5, 0.6) is 0 Å². The van der Waals surface area contributed by atoms with Gasteiger partial charge in [-0.2, -0.15) is 0 Å². The van der Waals surface area contributed by atoms with E-state index >= 15 is 0 Å². The van der Waals surface area contributed by atoms with Crippen LogP contribution in [0.3, 0.4) is 0 Å². The van der Waals surface area contributed by atoms with Crippen LogP contribution in [0, 0.1) is 0 Å². The molecule has 5 heteroatoms. The highest BCUT2D eigenvalue weighted by Gasteiger charge is 2.38. The molecule has 2 heterocycles. The van der Waals surface area contributed by atoms with Crippen molar-refractivity contribution in [3.8, 4) is 0 Å². The zero-order valence-corrected chi connectivity index (χ0v) is 14.6. The van der Waals surface area contributed by atoms with Crippen molar-refractivity contribution < 1.29 is 14.3 Å². The molecule has 0 aliphatic carbocycles. The predicted molar refractivity (Wildman–Crippen MR) is 98.6 cm³/mol. The molecule has 0 amide bonds. The molecular formula is C21H24N2O3. The summed E-state index contributed by atoms with van der Waals surface area (Å²) in [6.45, 7) is 1.07. The summed E-state index contributed by atoms with van der Waals surface area (Å²) in [6.07, 6.45) is 0.494. The topological polar surface area (TPSA) is 59.6 Å². The van der Waals surface area contributed by atoms with Crippen molar-refractivity contribution >= 4 is 5.78 Å². The average Bonchev–Trinajstić information content (AvgIpc) is 3.33. The normalized spacial score (nSPS) is 28.3. The van der Waals surface area contributed by atoms with E-state index in [2.05, 4.69) is 34.9 Å². The second-order valence-electron chi connectivity index (χ2n) is 6.94. The van der Waals surface area contributed by atoms with Gasteiger partial charge < -0.3 is 9.47 Å². The van der Waals surface area contributed by atoms with Gasteiger partial charge in [-0.15, -0.1) is 0 Å². The summed E-state index contributed by atoms with van der Waals surface area (Å²) in [5, 5.41) is 6.58. The first-order valence-corrected chi connectivity index (χ1v) is 9.15. The number of nitrogens with one attached hydrogen (secondary N) is 2. The number of rotatable bonds is 6. The van der Waals surface area contributed by atoms with Crippen LogP contribution in [0.4, 0.5) is 0 Å². The van der Waals surface area contributed by atoms with E-state index in [4.69, 9.17) is 9.47 Å². The summed E-state index contributed by atoms with van der Waals surface area (Å²) in [5.41, 5.74) is 2.47. The number of Topliss-reactive ketones (excluding diaryl/α,β-unsaturated/α-hetero) is 1. The molecule has 2 aromatic rings. The minimum Gasteiger partial charge on any atom is -0.354 e. The molecule has 0 radical (unpaired) electrons. The van der Waals surface area contributed by atoms with Crippen LogP contribution in [0.15, 0.2) is 60.7 Å². The van der Waals surface area contributed by atoms with Gasteiger partial charge in [0.25, 0.3) is 0 Å². The van der Waals surface area contributed by atoms with Crippen LogP contribution in [-0.4, -0.2) is 43.5 Å². The lowest BCUT2D eigenvalue weighted by atomic mass is 10.1. The highest BCUT2D eigenvalue weighted by atomic mass is 16.5. The average molecular weight is 352 g/mol. The molecule has 0 saturated carbocycles. The van der Waals surface area contributed by atoms with Crippen LogP contribution in [0.25, 0.3) is 0 Å². The molecule has 0 aromatic heterocycles. The van der Waals surface area contributed by atoms with Crippen molar-refractivity contribution in [2.45, 2.75) is 37.4 Å². The molecule has 2 N–H and O–H groups in total. The number of carbonyl (C=O) groups excluding carboxylic acids is 1. The fourth-order valence-electron chi connectivity index (χ4n) is 3.54. The number of benzene rings is 2. The molecule has 2 aliphatic heterocycles. The molecule has 136 valence electrons. The lowest BCUT2D eigenvalue weighted by molar-refractivity contribution is -0.139. The highest BCUT2D eigenvalue weighted by Crippen LogP contribution is 2.15. The molecule has 2 aliphatic rings. The van der Waals surface area contributed by atoms with E-state index in [1.807, 2.05) is 36.4 Å². The van der Waals surface area contributed by atoms with Crippen molar-refractivity contribution in [3.05, 3.63) is 71.8 Å². The summed E-state index contributed by atoms with van der Waals surface area (Å²) in [6, 6.07) is 20.8. The third-order valence-electron chi connectivity index (χ3n) is 4.87. The maximum Gasteiger partial charge on any atom is 0.219 e. The first-order valence-electron chi connectivity index (χ1n) is 9.15. The third-order valence-corrected chi connectivity index (χ3v) is 4.87. The number of ether oxygens (including phenoxy) is 2. The Morgan fingerprint density at radius 1 is 0.769 bits per heavy atom. The molecule has 5 nitrogen and oxygen atoms in total. The third kappa shape index (κ3) is 4.19. The Morgan fingerprint density at radius 2 is 1.19 bits per heavy atom. The fourth-order valence-corrected chi connectivity index (χ4v) is 3.54. The van der Waals surface area contributed by atoms with E-state index in [1.54, 1.807) is 0 Å². The standard InChI is InChI=1S/C21H24N2O3/c24-19(20-22-17(13-25-20)11-15-7-3-1-4-8-15)21-23-18(14-26-21)12-16-9-5-2-6-10-16/h1-10,17-18,20-23H,11-14H2/t17?,18?,20-,21-/m0/s1. The molecule has 2 saturated heterocycles. The molecule has 2 fully saturated rings. The molecule has 2 unspecified atom stereocenters. The Labute approximate surface area is 153 Å². The maximum atomic E-state index is 12.7. The van der Waals surface area contributed by atoms with Gasteiger partial charge in [-0.3, -0.25) is 15.4 Å². The van der Waals surface area contributed by atoms with Gasteiger partial charge in [0.15, 0.2) is 12.5 Å². The van der Waals surface area contributed by atoms with Crippen LogP contribution >= 0.6 is 0 Å². The maximum absolute atomic E-state index is 12.7. The van der Waals surface area contributed by atoms with Crippen molar-refractivity contribution in [3.63, 3.8) is 0 Å². The second kappa shape index (κ2) is 8.10. The second-order valence-corrected chi connectivity index (χ2v) is 6.94. The van der Waals surface area contributed by atoms with Gasteiger partial charge >= 0.3 is 0 Å². The summed E-state index contributed by atoms with van der Waals surface area (Å²) in [4.78, 5) is 12.7. The summed E-state index contributed by atoms with van der Waals surface area (Å²) < 4.78 is 11.4. The minimum atomic E-state index is -0.600. The van der Waals surface area contributed by atoms with Crippen molar-refractivity contribution in [2.75, 3.05) is 13.2 Å². The summed E-state index contributed by atoms with van der Waals surface area (Å²) >= 11 is 0. The quantitative estimate of drug-likeness (QED) is 0.828. The fraction of sp³-hybridized carbons (Fsp3) is 0.381. The zero-order valence-electron chi connectivity index (χ0n) is 14.6.